The van der Waals surface area contributed by atoms with E-state index in [0.717, 1.165) is 5.39 Å². The van der Waals surface area contributed by atoms with Crippen molar-refractivity contribution >= 4 is 16.7 Å². The Kier molecular flexibility index (Phi) is 4.48. The van der Waals surface area contributed by atoms with Crippen LogP contribution >= 0.6 is 0 Å². The van der Waals surface area contributed by atoms with E-state index >= 15 is 0 Å². The van der Waals surface area contributed by atoms with Crippen molar-refractivity contribution in [3.8, 4) is 5.75 Å². The van der Waals surface area contributed by atoms with Gasteiger partial charge in [-0.2, -0.15) is 0 Å². The molecule has 4 heteroatoms. The van der Waals surface area contributed by atoms with Crippen LogP contribution in [-0.4, -0.2) is 29.3 Å². The highest BCUT2D eigenvalue weighted by Gasteiger charge is 2.20. The summed E-state index contributed by atoms with van der Waals surface area (Å²) < 4.78 is 0. The van der Waals surface area contributed by atoms with E-state index in [1.165, 1.54) is 0 Å². The smallest absolute Gasteiger partial charge is 0.255 e. The van der Waals surface area contributed by atoms with Gasteiger partial charge in [0.25, 0.3) is 5.91 Å². The summed E-state index contributed by atoms with van der Waals surface area (Å²) in [6.07, 6.45) is 0.608. The molecule has 0 radical (unpaired) electrons. The van der Waals surface area contributed by atoms with E-state index in [1.54, 1.807) is 12.1 Å². The maximum atomic E-state index is 12.2. The number of nitrogens with one attached hydrogen (secondary N) is 1. The molecule has 0 saturated carbocycles. The molecular formula is C17H21NO3. The Morgan fingerprint density at radius 2 is 1.90 bits per heavy atom. The van der Waals surface area contributed by atoms with Gasteiger partial charge in [0, 0.05) is 18.5 Å². The number of rotatable bonds is 5. The van der Waals surface area contributed by atoms with Crippen molar-refractivity contribution < 1.29 is 15.0 Å². The number of benzene rings is 2. The summed E-state index contributed by atoms with van der Waals surface area (Å²) in [4.78, 5) is 12.2. The van der Waals surface area contributed by atoms with Gasteiger partial charge in [0.1, 0.15) is 5.75 Å². The van der Waals surface area contributed by atoms with Gasteiger partial charge in [-0.1, -0.05) is 44.2 Å². The Labute approximate surface area is 124 Å². The summed E-state index contributed by atoms with van der Waals surface area (Å²) >= 11 is 0. The molecule has 0 unspecified atom stereocenters. The molecule has 2 rings (SSSR count). The van der Waals surface area contributed by atoms with Gasteiger partial charge in [-0.25, -0.2) is 0 Å². The first-order valence-corrected chi connectivity index (χ1v) is 7.04. The summed E-state index contributed by atoms with van der Waals surface area (Å²) in [6.45, 7) is 4.48. The molecule has 0 atom stereocenters. The fourth-order valence-electron chi connectivity index (χ4n) is 2.24. The topological polar surface area (TPSA) is 69.6 Å². The lowest BCUT2D eigenvalue weighted by molar-refractivity contribution is 0.0926. The maximum absolute atomic E-state index is 12.2. The lowest BCUT2D eigenvalue weighted by atomic mass is 9.89. The van der Waals surface area contributed by atoms with Crippen LogP contribution in [-0.2, 0) is 0 Å². The third kappa shape index (κ3) is 3.52. The zero-order valence-electron chi connectivity index (χ0n) is 12.4. The Morgan fingerprint density at radius 3 is 2.62 bits per heavy atom. The quantitative estimate of drug-likeness (QED) is 0.792. The van der Waals surface area contributed by atoms with Crippen LogP contribution in [0.4, 0.5) is 0 Å². The highest BCUT2D eigenvalue weighted by Crippen LogP contribution is 2.28. The molecule has 21 heavy (non-hydrogen) atoms. The standard InChI is InChI=1S/C17H21NO3/c1-17(2,9-10-19)11-18-16(21)14-8-7-12-5-3-4-6-13(12)15(14)20/h3-8,19-20H,9-11H2,1-2H3,(H,18,21). The van der Waals surface area contributed by atoms with Gasteiger partial charge < -0.3 is 15.5 Å². The second kappa shape index (κ2) is 6.14. The van der Waals surface area contributed by atoms with Crippen molar-refractivity contribution in [3.63, 3.8) is 0 Å². The minimum Gasteiger partial charge on any atom is -0.506 e. The van der Waals surface area contributed by atoms with E-state index in [1.807, 2.05) is 38.1 Å². The van der Waals surface area contributed by atoms with E-state index in [2.05, 4.69) is 5.32 Å². The Balaban J connectivity index is 2.18. The number of aromatic hydroxyl groups is 1. The minimum absolute atomic E-state index is 0.00515. The van der Waals surface area contributed by atoms with Gasteiger partial charge in [-0.15, -0.1) is 0 Å². The summed E-state index contributed by atoms with van der Waals surface area (Å²) in [6, 6.07) is 10.8. The Hall–Kier alpha value is -2.07. The number of hydrogen-bond donors (Lipinski definition) is 3. The van der Waals surface area contributed by atoms with Gasteiger partial charge >= 0.3 is 0 Å². The average Bonchev–Trinajstić information content (AvgIpc) is 2.45. The molecule has 0 saturated heterocycles. The fourth-order valence-corrected chi connectivity index (χ4v) is 2.24. The highest BCUT2D eigenvalue weighted by molar-refractivity contribution is 6.03. The van der Waals surface area contributed by atoms with Crippen molar-refractivity contribution in [2.45, 2.75) is 20.3 Å². The van der Waals surface area contributed by atoms with E-state index in [-0.39, 0.29) is 29.2 Å². The van der Waals surface area contributed by atoms with Crippen molar-refractivity contribution in [2.75, 3.05) is 13.2 Å². The predicted molar refractivity (Wildman–Crippen MR) is 83.4 cm³/mol. The third-order valence-electron chi connectivity index (χ3n) is 3.66. The molecule has 3 N–H and O–H groups in total. The van der Waals surface area contributed by atoms with Gasteiger partial charge in [0.15, 0.2) is 0 Å². The second-order valence-electron chi connectivity index (χ2n) is 6.00. The zero-order valence-corrected chi connectivity index (χ0v) is 12.4. The van der Waals surface area contributed by atoms with Gasteiger partial charge in [0.05, 0.1) is 5.56 Å². The third-order valence-corrected chi connectivity index (χ3v) is 3.66. The van der Waals surface area contributed by atoms with Crippen LogP contribution in [0.25, 0.3) is 10.8 Å². The molecule has 0 aromatic heterocycles. The summed E-state index contributed by atoms with van der Waals surface area (Å²) in [7, 11) is 0. The number of phenolic OH excluding ortho intramolecular Hbond substituents is 1. The van der Waals surface area contributed by atoms with Crippen LogP contribution in [0.15, 0.2) is 36.4 Å². The second-order valence-corrected chi connectivity index (χ2v) is 6.00. The molecule has 0 spiro atoms. The number of carbonyl (C=O) groups excluding carboxylic acids is 1. The normalized spacial score (nSPS) is 11.6. The largest absolute Gasteiger partial charge is 0.506 e. The number of phenols is 1. The molecule has 4 nitrogen and oxygen atoms in total. The van der Waals surface area contributed by atoms with Crippen molar-refractivity contribution in [2.24, 2.45) is 5.41 Å². The zero-order chi connectivity index (χ0) is 15.5. The molecule has 2 aromatic carbocycles. The molecule has 0 aliphatic rings. The number of fused-ring (bicyclic) bond motifs is 1. The molecule has 0 aliphatic carbocycles. The summed E-state index contributed by atoms with van der Waals surface area (Å²) in [5.41, 5.74) is 0.0881. The number of amides is 1. The lowest BCUT2D eigenvalue weighted by Gasteiger charge is -2.24. The Bertz CT molecular complexity index is 650. The summed E-state index contributed by atoms with van der Waals surface area (Å²) in [5.74, 6) is -0.296. The Morgan fingerprint density at radius 1 is 1.19 bits per heavy atom. The molecular weight excluding hydrogens is 266 g/mol. The van der Waals surface area contributed by atoms with Crippen LogP contribution < -0.4 is 5.32 Å². The van der Waals surface area contributed by atoms with Crippen LogP contribution in [0, 0.1) is 5.41 Å². The molecule has 0 bridgehead atoms. The van der Waals surface area contributed by atoms with Crippen LogP contribution in [0.3, 0.4) is 0 Å². The van der Waals surface area contributed by atoms with Crippen molar-refractivity contribution in [3.05, 3.63) is 42.0 Å². The number of aliphatic hydroxyl groups excluding tert-OH is 1. The minimum atomic E-state index is -0.302. The molecule has 112 valence electrons. The van der Waals surface area contributed by atoms with Crippen LogP contribution in [0.2, 0.25) is 0 Å². The SMILES string of the molecule is CC(C)(CCO)CNC(=O)c1ccc2ccccc2c1O. The van der Waals surface area contributed by atoms with E-state index in [9.17, 15) is 9.90 Å². The molecule has 0 aliphatic heterocycles. The van der Waals surface area contributed by atoms with Gasteiger partial charge in [-0.3, -0.25) is 4.79 Å². The monoisotopic (exact) mass is 287 g/mol. The summed E-state index contributed by atoms with van der Waals surface area (Å²) in [5, 5.41) is 23.6. The number of hydrogen-bond acceptors (Lipinski definition) is 3. The first kappa shape index (κ1) is 15.3. The number of aliphatic hydroxyl groups is 1. The highest BCUT2D eigenvalue weighted by atomic mass is 16.3. The van der Waals surface area contributed by atoms with E-state index in [4.69, 9.17) is 5.11 Å². The van der Waals surface area contributed by atoms with E-state index < -0.39 is 0 Å². The predicted octanol–water partition coefficient (Wildman–Crippen LogP) is 2.68. The maximum Gasteiger partial charge on any atom is 0.255 e. The van der Waals surface area contributed by atoms with Crippen molar-refractivity contribution in [1.29, 1.82) is 0 Å². The number of carbonyl (C=O) groups is 1. The average molecular weight is 287 g/mol. The molecule has 0 fully saturated rings. The molecule has 0 heterocycles. The van der Waals surface area contributed by atoms with Gasteiger partial charge in [-0.05, 0) is 23.3 Å². The van der Waals surface area contributed by atoms with Crippen LogP contribution in [0.1, 0.15) is 30.6 Å². The van der Waals surface area contributed by atoms with Crippen LogP contribution in [0.5, 0.6) is 5.75 Å². The lowest BCUT2D eigenvalue weighted by Crippen LogP contribution is -2.34. The first-order chi connectivity index (χ1) is 9.94. The van der Waals surface area contributed by atoms with Gasteiger partial charge in [0.2, 0.25) is 0 Å². The molecule has 2 aromatic rings. The van der Waals surface area contributed by atoms with E-state index in [0.29, 0.717) is 18.4 Å². The fraction of sp³-hybridized carbons (Fsp3) is 0.353. The van der Waals surface area contributed by atoms with Crippen molar-refractivity contribution in [1.82, 2.24) is 5.32 Å². The molecule has 1 amide bonds. The first-order valence-electron chi connectivity index (χ1n) is 7.04.